The predicted molar refractivity (Wildman–Crippen MR) is 343 cm³/mol. The molecule has 0 unspecified atom stereocenters. The number of hydrogen-bond donors (Lipinski definition) is 16. The molecule has 5 saturated heterocycles. The van der Waals surface area contributed by atoms with Gasteiger partial charge in [0.2, 0.25) is 94.5 Å². The van der Waals surface area contributed by atoms with Crippen LogP contribution < -0.4 is 70.0 Å². The second-order valence-electron chi connectivity index (χ2n) is 25.2. The van der Waals surface area contributed by atoms with Crippen LogP contribution >= 0.6 is 21.6 Å². The molecule has 0 aliphatic carbocycles. The maximum atomic E-state index is 14.9. The van der Waals surface area contributed by atoms with Crippen molar-refractivity contribution in [2.75, 3.05) is 44.3 Å². The molecular formula is C59H94N16O19S2. The van der Waals surface area contributed by atoms with E-state index < -0.39 is 241 Å². The number of amides is 16. The third-order valence-electron chi connectivity index (χ3n) is 17.6. The van der Waals surface area contributed by atoms with Gasteiger partial charge in [0, 0.05) is 31.1 Å². The highest BCUT2D eigenvalue weighted by Gasteiger charge is 2.47. The topological polar surface area (TPSA) is 528 Å². The van der Waals surface area contributed by atoms with Crippen LogP contribution in [0.1, 0.15) is 120 Å². The first-order valence-corrected chi connectivity index (χ1v) is 34.7. The van der Waals surface area contributed by atoms with E-state index in [-0.39, 0.29) is 51.7 Å². The quantitative estimate of drug-likeness (QED) is 0.0807. The van der Waals surface area contributed by atoms with Crippen LogP contribution in [-0.2, 0) is 76.7 Å². The standard InChI is InChI=1S/C59H94N16O19S2/c1-9-27(5)43-54(89)66-34-24-95-96-25-35(67-55(90)45(29(7)77)68-41(81)22-62-47(82)31(20-39(60)79)63-51(86)36-14-11-17-73(36)57(92)32(21-40(61)80)64-49(34)84)50(85)72-46(30(8)78)56(91)69-42(26(3)4)53(88)65-33(23-76)48(83)71-44(28(6)10-2)59(94)75-19-13-16-38(75)58(93)74-18-12-15-37(74)52(87)70-43/h26-38,42-46,76-78H,9-25H2,1-8H3,(H2,60,79)(H2,61,80)(H,62,82)(H,63,86)(H,64,84)(H,65,88)(H,66,89)(H,67,90)(H,68,81)(H,69,91)(H,70,87)(H,71,83)(H,72,85)/t27-,28-,29+,30+,31-,32-,33-,34-,35-,36-,37-,38-,42-,43-,44-,45-,46-/m0/s1. The Morgan fingerprint density at radius 2 is 0.844 bits per heavy atom. The monoisotopic (exact) mass is 1390 g/mol. The van der Waals surface area contributed by atoms with Gasteiger partial charge in [-0.3, -0.25) is 76.7 Å². The molecule has 5 rings (SSSR count). The number of fused-ring (bicyclic) bond motifs is 8. The predicted octanol–water partition coefficient (Wildman–Crippen LogP) is -7.41. The Labute approximate surface area is 562 Å². The van der Waals surface area contributed by atoms with Crippen LogP contribution in [-0.4, -0.2) is 260 Å². The number of nitrogens with one attached hydrogen (secondary N) is 11. The molecule has 0 aromatic heterocycles. The van der Waals surface area contributed by atoms with Gasteiger partial charge >= 0.3 is 0 Å². The summed E-state index contributed by atoms with van der Waals surface area (Å²) in [6.07, 6.45) is -3.60. The fourth-order valence-electron chi connectivity index (χ4n) is 11.6. The first-order chi connectivity index (χ1) is 45.2. The van der Waals surface area contributed by atoms with Crippen molar-refractivity contribution >= 4 is 116 Å². The summed E-state index contributed by atoms with van der Waals surface area (Å²) in [6, 6.07) is -20.9. The molecule has 0 saturated carbocycles. The van der Waals surface area contributed by atoms with Gasteiger partial charge in [-0.25, -0.2) is 0 Å². The number of aliphatic hydroxyl groups excluding tert-OH is 3. The Balaban J connectivity index is 1.67. The van der Waals surface area contributed by atoms with Gasteiger partial charge in [-0.1, -0.05) is 76.0 Å². The normalized spacial score (nSPS) is 30.6. The van der Waals surface area contributed by atoms with Gasteiger partial charge in [0.05, 0.1) is 38.2 Å². The molecule has 17 atom stereocenters. The number of carbonyl (C=O) groups excluding carboxylic acids is 16. The Hall–Kier alpha value is -7.90. The molecule has 0 aromatic carbocycles. The van der Waals surface area contributed by atoms with Gasteiger partial charge in [-0.2, -0.15) is 0 Å². The summed E-state index contributed by atoms with van der Waals surface area (Å²) < 4.78 is 0. The molecule has 0 radical (unpaired) electrons. The van der Waals surface area contributed by atoms with Crippen LogP contribution in [0.25, 0.3) is 0 Å². The fraction of sp³-hybridized carbons (Fsp3) is 0.729. The Morgan fingerprint density at radius 1 is 0.448 bits per heavy atom. The number of aliphatic hydroxyl groups is 3. The van der Waals surface area contributed by atoms with E-state index in [4.69, 9.17) is 11.5 Å². The van der Waals surface area contributed by atoms with Crippen molar-refractivity contribution in [3.8, 4) is 0 Å². The van der Waals surface area contributed by atoms with Gasteiger partial charge in [-0.05, 0) is 70.1 Å². The summed E-state index contributed by atoms with van der Waals surface area (Å²) in [5.41, 5.74) is 11.1. The van der Waals surface area contributed by atoms with Crippen LogP contribution in [0.15, 0.2) is 0 Å². The molecule has 5 aliphatic heterocycles. The lowest BCUT2D eigenvalue weighted by molar-refractivity contribution is -0.149. The van der Waals surface area contributed by atoms with Crippen molar-refractivity contribution in [2.45, 2.75) is 210 Å². The lowest BCUT2D eigenvalue weighted by Gasteiger charge is -2.35. The van der Waals surface area contributed by atoms with Crippen molar-refractivity contribution in [1.29, 1.82) is 0 Å². The molecule has 5 aliphatic rings. The minimum atomic E-state index is -1.96. The maximum absolute atomic E-state index is 14.9. The molecule has 2 bridgehead atoms. The fourth-order valence-corrected chi connectivity index (χ4v) is 14.0. The Kier molecular flexibility index (Phi) is 29.9. The van der Waals surface area contributed by atoms with Gasteiger partial charge in [0.15, 0.2) is 0 Å². The smallest absolute Gasteiger partial charge is 0.246 e. The third-order valence-corrected chi connectivity index (χ3v) is 20.0. The van der Waals surface area contributed by atoms with E-state index in [1.165, 1.54) is 23.6 Å². The summed E-state index contributed by atoms with van der Waals surface area (Å²) in [4.78, 5) is 230. The SMILES string of the molecule is CC[C@H](C)[C@@H]1NC(=O)[C@@H]2CCCN2C(=O)[C@@H]2CCCN2C(=O)[C@H]([C@@H](C)CC)NC(=O)[C@H](CO)NC(=O)[C@H](C(C)C)NC(=O)[C@H]([C@@H](C)O)NC(=O)[C@@H]2CSSC[C@H](NC1=O)C(=O)N[C@@H](CC(N)=O)C(=O)N1CCC[C@H]1C(=O)N[C@@H](CC(N)=O)C(=O)NCC(=O)N[C@@H]([C@@H](C)O)C(=O)N2. The van der Waals surface area contributed by atoms with E-state index in [0.29, 0.717) is 19.3 Å². The lowest BCUT2D eigenvalue weighted by Crippen LogP contribution is -2.63. The summed E-state index contributed by atoms with van der Waals surface area (Å²) in [7, 11) is 1.52. The summed E-state index contributed by atoms with van der Waals surface area (Å²) in [6.45, 7) is 9.93. The number of nitrogens with two attached hydrogens (primary N) is 2. The van der Waals surface area contributed by atoms with Crippen LogP contribution in [0.5, 0.6) is 0 Å². The molecule has 5 heterocycles. The largest absolute Gasteiger partial charge is 0.394 e. The minimum Gasteiger partial charge on any atom is -0.394 e. The van der Waals surface area contributed by atoms with Gasteiger partial charge < -0.3 is 100.0 Å². The molecule has 35 nitrogen and oxygen atoms in total. The minimum absolute atomic E-state index is 0.0406. The molecule has 37 heteroatoms. The van der Waals surface area contributed by atoms with Crippen molar-refractivity contribution in [2.24, 2.45) is 29.2 Å². The zero-order chi connectivity index (χ0) is 71.6. The summed E-state index contributed by atoms with van der Waals surface area (Å²) in [5, 5.41) is 59.4. The average molecular weight is 1400 g/mol. The van der Waals surface area contributed by atoms with Crippen molar-refractivity contribution in [3.05, 3.63) is 0 Å². The van der Waals surface area contributed by atoms with E-state index >= 15 is 0 Å². The first-order valence-electron chi connectivity index (χ1n) is 32.2. The summed E-state index contributed by atoms with van der Waals surface area (Å²) >= 11 is 0. The number of carbonyl (C=O) groups is 16. The highest BCUT2D eigenvalue weighted by atomic mass is 33.1. The molecule has 5 fully saturated rings. The van der Waals surface area contributed by atoms with Gasteiger partial charge in [-0.15, -0.1) is 0 Å². The molecule has 96 heavy (non-hydrogen) atoms. The van der Waals surface area contributed by atoms with Gasteiger partial charge in [0.1, 0.15) is 78.5 Å². The van der Waals surface area contributed by atoms with Crippen LogP contribution in [0, 0.1) is 17.8 Å². The molecule has 18 N–H and O–H groups in total. The maximum Gasteiger partial charge on any atom is 0.246 e. The van der Waals surface area contributed by atoms with E-state index in [0.717, 1.165) is 40.3 Å². The zero-order valence-corrected chi connectivity index (χ0v) is 56.7. The van der Waals surface area contributed by atoms with Gasteiger partial charge in [0.25, 0.3) is 0 Å². The Morgan fingerprint density at radius 3 is 1.35 bits per heavy atom. The van der Waals surface area contributed by atoms with Crippen molar-refractivity contribution in [3.63, 3.8) is 0 Å². The molecular weight excluding hydrogens is 1300 g/mol. The lowest BCUT2D eigenvalue weighted by atomic mass is 9.96. The second-order valence-corrected chi connectivity index (χ2v) is 27.7. The third kappa shape index (κ3) is 21.1. The van der Waals surface area contributed by atoms with Crippen molar-refractivity contribution < 1.29 is 92.0 Å². The molecule has 16 amide bonds. The second kappa shape index (κ2) is 36.4. The number of primary amides is 2. The highest BCUT2D eigenvalue weighted by Crippen LogP contribution is 2.29. The van der Waals surface area contributed by atoms with Crippen LogP contribution in [0.4, 0.5) is 0 Å². The molecule has 536 valence electrons. The first kappa shape index (κ1) is 78.8. The number of nitrogens with zero attached hydrogens (tertiary/aromatic N) is 3. The number of rotatable bonds is 12. The van der Waals surface area contributed by atoms with E-state index in [2.05, 4.69) is 58.5 Å². The Bertz CT molecular complexity index is 2930. The number of hydrogen-bond acceptors (Lipinski definition) is 21. The van der Waals surface area contributed by atoms with Crippen molar-refractivity contribution in [1.82, 2.24) is 73.2 Å². The molecule has 0 aromatic rings. The average Bonchev–Trinajstić information content (AvgIpc) is 1.62. The highest BCUT2D eigenvalue weighted by molar-refractivity contribution is 8.76. The summed E-state index contributed by atoms with van der Waals surface area (Å²) in [5.74, 6) is -19.6. The van der Waals surface area contributed by atoms with E-state index in [1.54, 1.807) is 27.7 Å². The molecule has 0 spiro atoms. The van der Waals surface area contributed by atoms with Crippen LogP contribution in [0.3, 0.4) is 0 Å². The van der Waals surface area contributed by atoms with E-state index in [1.807, 2.05) is 0 Å². The van der Waals surface area contributed by atoms with E-state index in [9.17, 15) is 92.0 Å². The zero-order valence-electron chi connectivity index (χ0n) is 55.1. The van der Waals surface area contributed by atoms with Crippen LogP contribution in [0.2, 0.25) is 0 Å².